The van der Waals surface area contributed by atoms with Crippen molar-refractivity contribution in [3.05, 3.63) is 68.0 Å². The van der Waals surface area contributed by atoms with Gasteiger partial charge >= 0.3 is 5.69 Å². The smallest absolute Gasteiger partial charge is 0.330 e. The molecule has 1 aromatic heterocycles. The summed E-state index contributed by atoms with van der Waals surface area (Å²) in [6, 6.07) is 4.51. The van der Waals surface area contributed by atoms with E-state index in [9.17, 15) is 19.5 Å². The van der Waals surface area contributed by atoms with Gasteiger partial charge in [-0.05, 0) is 42.3 Å². The molecule has 7 heteroatoms. The number of aromatic hydroxyl groups is 1. The Morgan fingerprint density at radius 2 is 2.00 bits per heavy atom. The number of carbonyl (C=O) groups excluding carboxylic acids is 1. The Morgan fingerprint density at radius 1 is 1.29 bits per heavy atom. The van der Waals surface area contributed by atoms with Crippen molar-refractivity contribution in [3.8, 4) is 5.75 Å². The van der Waals surface area contributed by atoms with Crippen molar-refractivity contribution in [2.45, 2.75) is 6.42 Å². The second-order valence-electron chi connectivity index (χ2n) is 5.32. The highest BCUT2D eigenvalue weighted by Gasteiger charge is 2.08. The Balaban J connectivity index is 2.34. The third-order valence-corrected chi connectivity index (χ3v) is 3.80. The summed E-state index contributed by atoms with van der Waals surface area (Å²) >= 11 is 5.67. The number of halogens is 1. The molecule has 0 saturated carbocycles. The molecular weight excluding hydrogens is 332 g/mol. The zero-order valence-electron chi connectivity index (χ0n) is 13.3. The summed E-state index contributed by atoms with van der Waals surface area (Å²) in [6.45, 7) is 0. The monoisotopic (exact) mass is 348 g/mol. The number of aryl methyl sites for hydroxylation is 2. The topological polar surface area (TPSA) is 81.3 Å². The number of benzene rings is 1. The molecule has 126 valence electrons. The molecule has 0 spiro atoms. The summed E-state index contributed by atoms with van der Waals surface area (Å²) in [7, 11) is 2.90. The largest absolute Gasteiger partial charge is 0.508 e. The summed E-state index contributed by atoms with van der Waals surface area (Å²) < 4.78 is 2.24. The van der Waals surface area contributed by atoms with Gasteiger partial charge in [0.05, 0.1) is 5.56 Å². The van der Waals surface area contributed by atoms with Gasteiger partial charge in [-0.2, -0.15) is 0 Å². The molecule has 0 bridgehead atoms. The first-order chi connectivity index (χ1) is 11.3. The van der Waals surface area contributed by atoms with Gasteiger partial charge in [0.1, 0.15) is 5.75 Å². The van der Waals surface area contributed by atoms with Gasteiger partial charge < -0.3 is 9.67 Å². The lowest BCUT2D eigenvalue weighted by molar-refractivity contribution is 0.104. The Hall–Kier alpha value is -2.60. The van der Waals surface area contributed by atoms with Crippen LogP contribution in [-0.2, 0) is 20.5 Å². The minimum absolute atomic E-state index is 0.0862. The highest BCUT2D eigenvalue weighted by Crippen LogP contribution is 2.20. The van der Waals surface area contributed by atoms with Crippen LogP contribution in [0.4, 0.5) is 0 Å². The van der Waals surface area contributed by atoms with E-state index in [0.717, 1.165) is 4.57 Å². The molecule has 0 unspecified atom stereocenters. The highest BCUT2D eigenvalue weighted by molar-refractivity contribution is 6.18. The first-order valence-corrected chi connectivity index (χ1v) is 7.75. The summed E-state index contributed by atoms with van der Waals surface area (Å²) in [4.78, 5) is 35.9. The number of carbonyl (C=O) groups is 1. The fourth-order valence-electron chi connectivity index (χ4n) is 2.25. The normalized spacial score (nSPS) is 11.1. The molecule has 1 heterocycles. The SMILES string of the molecule is Cn1cc(/C=C/C(=O)c2ccc(O)c(CCCl)c2)c(=O)n(C)c1=O. The Kier molecular flexibility index (Phi) is 5.41. The predicted octanol–water partition coefficient (Wildman–Crippen LogP) is 1.47. The molecule has 0 saturated heterocycles. The number of aromatic nitrogens is 2. The van der Waals surface area contributed by atoms with Gasteiger partial charge in [-0.25, -0.2) is 4.79 Å². The van der Waals surface area contributed by atoms with Crippen LogP contribution in [-0.4, -0.2) is 25.9 Å². The summed E-state index contributed by atoms with van der Waals surface area (Å²) in [5.74, 6) is 0.0969. The molecule has 0 aliphatic carbocycles. The van der Waals surface area contributed by atoms with Crippen LogP contribution >= 0.6 is 11.6 Å². The molecule has 1 aromatic carbocycles. The second kappa shape index (κ2) is 7.31. The molecule has 0 aliphatic heterocycles. The lowest BCUT2D eigenvalue weighted by Crippen LogP contribution is -2.37. The Bertz CT molecular complexity index is 925. The van der Waals surface area contributed by atoms with Crippen molar-refractivity contribution in [1.29, 1.82) is 0 Å². The molecule has 0 atom stereocenters. The fraction of sp³-hybridized carbons (Fsp3) is 0.235. The summed E-state index contributed by atoms with van der Waals surface area (Å²) in [6.07, 6.45) is 4.46. The van der Waals surface area contributed by atoms with Crippen molar-refractivity contribution in [1.82, 2.24) is 9.13 Å². The molecule has 2 rings (SSSR count). The van der Waals surface area contributed by atoms with Gasteiger partial charge in [-0.3, -0.25) is 14.2 Å². The third kappa shape index (κ3) is 3.65. The number of phenols is 1. The number of hydrogen-bond donors (Lipinski definition) is 1. The van der Waals surface area contributed by atoms with E-state index in [-0.39, 0.29) is 17.1 Å². The van der Waals surface area contributed by atoms with Crippen LogP contribution in [0.25, 0.3) is 6.08 Å². The first kappa shape index (κ1) is 17.7. The molecule has 2 aromatic rings. The van der Waals surface area contributed by atoms with E-state index in [0.29, 0.717) is 23.4 Å². The van der Waals surface area contributed by atoms with Crippen molar-refractivity contribution in [3.63, 3.8) is 0 Å². The van der Waals surface area contributed by atoms with Crippen LogP contribution in [0, 0.1) is 0 Å². The quantitative estimate of drug-likeness (QED) is 0.504. The lowest BCUT2D eigenvalue weighted by atomic mass is 10.0. The van der Waals surface area contributed by atoms with Gasteiger partial charge in [0.15, 0.2) is 5.78 Å². The standard InChI is InChI=1S/C17H17ClN2O4/c1-19-10-13(16(23)20(2)17(19)24)4-6-14(21)11-3-5-15(22)12(9-11)7-8-18/h3-6,9-10,22H,7-8H2,1-2H3/b6-4+. The third-order valence-electron chi connectivity index (χ3n) is 3.62. The number of phenolic OH excluding ortho intramolecular Hbond substituents is 1. The Morgan fingerprint density at radius 3 is 2.67 bits per heavy atom. The van der Waals surface area contributed by atoms with Gasteiger partial charge in [0.25, 0.3) is 5.56 Å². The van der Waals surface area contributed by atoms with E-state index in [1.165, 1.54) is 49.1 Å². The molecule has 0 amide bonds. The fourth-order valence-corrected chi connectivity index (χ4v) is 2.46. The van der Waals surface area contributed by atoms with E-state index in [1.807, 2.05) is 0 Å². The zero-order valence-corrected chi connectivity index (χ0v) is 14.1. The van der Waals surface area contributed by atoms with Crippen LogP contribution in [0.5, 0.6) is 5.75 Å². The predicted molar refractivity (Wildman–Crippen MR) is 92.8 cm³/mol. The molecule has 0 aliphatic rings. The van der Waals surface area contributed by atoms with Gasteiger partial charge in [0, 0.05) is 31.7 Å². The van der Waals surface area contributed by atoms with Gasteiger partial charge in [0.2, 0.25) is 0 Å². The van der Waals surface area contributed by atoms with E-state index >= 15 is 0 Å². The lowest BCUT2D eigenvalue weighted by Gasteiger charge is -2.05. The molecule has 0 radical (unpaired) electrons. The number of alkyl halides is 1. The van der Waals surface area contributed by atoms with Crippen LogP contribution in [0.1, 0.15) is 21.5 Å². The molecule has 24 heavy (non-hydrogen) atoms. The van der Waals surface area contributed by atoms with Crippen molar-refractivity contribution >= 4 is 23.5 Å². The second-order valence-corrected chi connectivity index (χ2v) is 5.70. The number of nitrogens with zero attached hydrogens (tertiary/aromatic N) is 2. The molecule has 6 nitrogen and oxygen atoms in total. The average Bonchev–Trinajstić information content (AvgIpc) is 2.57. The molecular formula is C17H17ClN2O4. The highest BCUT2D eigenvalue weighted by atomic mass is 35.5. The van der Waals surface area contributed by atoms with E-state index < -0.39 is 11.2 Å². The molecule has 0 fully saturated rings. The first-order valence-electron chi connectivity index (χ1n) is 7.22. The minimum atomic E-state index is -0.476. The van der Waals surface area contributed by atoms with Crippen molar-refractivity contribution < 1.29 is 9.90 Å². The van der Waals surface area contributed by atoms with E-state index in [4.69, 9.17) is 11.6 Å². The Labute approximate surface area is 143 Å². The molecule has 1 N–H and O–H groups in total. The van der Waals surface area contributed by atoms with E-state index in [1.54, 1.807) is 6.07 Å². The zero-order chi connectivity index (χ0) is 17.9. The maximum Gasteiger partial charge on any atom is 0.330 e. The summed E-state index contributed by atoms with van der Waals surface area (Å²) in [5.41, 5.74) is 0.282. The van der Waals surface area contributed by atoms with Crippen LogP contribution in [0.15, 0.2) is 40.1 Å². The van der Waals surface area contributed by atoms with Gasteiger partial charge in [-0.15, -0.1) is 11.6 Å². The van der Waals surface area contributed by atoms with Crippen LogP contribution in [0.2, 0.25) is 0 Å². The van der Waals surface area contributed by atoms with Crippen molar-refractivity contribution in [2.24, 2.45) is 14.1 Å². The van der Waals surface area contributed by atoms with Crippen LogP contribution in [0.3, 0.4) is 0 Å². The maximum atomic E-state index is 12.3. The maximum absolute atomic E-state index is 12.3. The van der Waals surface area contributed by atoms with Crippen LogP contribution < -0.4 is 11.2 Å². The minimum Gasteiger partial charge on any atom is -0.508 e. The summed E-state index contributed by atoms with van der Waals surface area (Å²) in [5, 5.41) is 9.71. The van der Waals surface area contributed by atoms with Crippen molar-refractivity contribution in [2.75, 3.05) is 5.88 Å². The number of hydrogen-bond acceptors (Lipinski definition) is 4. The van der Waals surface area contributed by atoms with E-state index in [2.05, 4.69) is 0 Å². The number of ketones is 1. The average molecular weight is 349 g/mol. The van der Waals surface area contributed by atoms with Gasteiger partial charge in [-0.1, -0.05) is 0 Å². The number of allylic oxidation sites excluding steroid dienone is 1. The number of rotatable bonds is 5.